The number of H-pyrrole nitrogens is 1. The van der Waals surface area contributed by atoms with Gasteiger partial charge in [0.1, 0.15) is 5.88 Å². The fraction of sp³-hybridized carbons (Fsp3) is 0.167. The average Bonchev–Trinajstić information content (AvgIpc) is 3.06. The number of carbonyl (C=O) groups is 1. The summed E-state index contributed by atoms with van der Waals surface area (Å²) >= 11 is 5.41. The number of nitrogens with one attached hydrogen (secondary N) is 3. The molecule has 1 aromatic heterocycles. The van der Waals surface area contributed by atoms with Crippen molar-refractivity contribution in [2.24, 2.45) is 0 Å². The van der Waals surface area contributed by atoms with Gasteiger partial charge in [-0.1, -0.05) is 36.4 Å². The summed E-state index contributed by atoms with van der Waals surface area (Å²) in [5, 5.41) is 6.81. The van der Waals surface area contributed by atoms with Crippen LogP contribution in [0.5, 0.6) is 0 Å². The molecule has 0 fully saturated rings. The minimum atomic E-state index is -0.194. The van der Waals surface area contributed by atoms with Crippen LogP contribution < -0.4 is 10.6 Å². The first-order valence-electron chi connectivity index (χ1n) is 7.35. The van der Waals surface area contributed by atoms with Crippen molar-refractivity contribution in [3.8, 4) is 0 Å². The van der Waals surface area contributed by atoms with E-state index in [2.05, 4.69) is 27.8 Å². The smallest absolute Gasteiger partial charge is 0.239 e. The van der Waals surface area contributed by atoms with E-state index < -0.39 is 0 Å². The van der Waals surface area contributed by atoms with Crippen LogP contribution in [0.15, 0.2) is 60.8 Å². The lowest BCUT2D eigenvalue weighted by Gasteiger charge is -2.03. The van der Waals surface area contributed by atoms with Gasteiger partial charge in [0, 0.05) is 23.6 Å². The van der Waals surface area contributed by atoms with Crippen molar-refractivity contribution in [2.45, 2.75) is 6.54 Å². The summed E-state index contributed by atoms with van der Waals surface area (Å²) in [6.45, 7) is 0.959. The van der Waals surface area contributed by atoms with Gasteiger partial charge in [-0.15, -0.1) is 11.6 Å². The Morgan fingerprint density at radius 2 is 1.87 bits per heavy atom. The number of alkyl halides is 1. The molecule has 0 radical (unpaired) electrons. The molecule has 3 rings (SSSR count). The van der Waals surface area contributed by atoms with Gasteiger partial charge >= 0.3 is 0 Å². The van der Waals surface area contributed by atoms with Crippen LogP contribution in [0.3, 0.4) is 0 Å². The van der Waals surface area contributed by atoms with Crippen molar-refractivity contribution in [1.29, 1.82) is 0 Å². The van der Waals surface area contributed by atoms with Crippen LogP contribution in [-0.4, -0.2) is 23.8 Å². The summed E-state index contributed by atoms with van der Waals surface area (Å²) in [4.78, 5) is 14.2. The molecule has 5 heteroatoms. The number of aromatic nitrogens is 1. The Morgan fingerprint density at radius 3 is 2.57 bits per heavy atom. The van der Waals surface area contributed by atoms with Crippen molar-refractivity contribution < 1.29 is 4.79 Å². The van der Waals surface area contributed by atoms with E-state index in [1.54, 1.807) is 0 Å². The van der Waals surface area contributed by atoms with Gasteiger partial charge in [0.2, 0.25) is 5.91 Å². The normalized spacial score (nSPS) is 10.0. The van der Waals surface area contributed by atoms with Crippen molar-refractivity contribution in [1.82, 2.24) is 10.3 Å². The third-order valence-corrected chi connectivity index (χ3v) is 3.46. The van der Waals surface area contributed by atoms with Crippen LogP contribution in [-0.2, 0) is 11.3 Å². The summed E-state index contributed by atoms with van der Waals surface area (Å²) in [5.74, 6) is -0.221. The molecule has 0 aliphatic carbocycles. The van der Waals surface area contributed by atoms with E-state index in [1.165, 1.54) is 5.56 Å². The molecule has 3 N–H and O–H groups in total. The zero-order valence-corrected chi connectivity index (χ0v) is 13.7. The summed E-state index contributed by atoms with van der Waals surface area (Å²) in [6.07, 6.45) is 1.83. The third kappa shape index (κ3) is 5.13. The first kappa shape index (κ1) is 17.1. The van der Waals surface area contributed by atoms with Crippen molar-refractivity contribution >= 4 is 34.1 Å². The topological polar surface area (TPSA) is 56.9 Å². The number of carbonyl (C=O) groups excluding carboxylic acids is 1. The van der Waals surface area contributed by atoms with Crippen LogP contribution in [0.1, 0.15) is 5.56 Å². The van der Waals surface area contributed by atoms with E-state index in [-0.39, 0.29) is 11.8 Å². The van der Waals surface area contributed by atoms with Crippen molar-refractivity contribution in [3.05, 3.63) is 66.4 Å². The molecule has 1 heterocycles. The van der Waals surface area contributed by atoms with Gasteiger partial charge in [0.15, 0.2) is 0 Å². The molecular weight excluding hydrogens is 310 g/mol. The predicted octanol–water partition coefficient (Wildman–Crippen LogP) is 3.75. The molecule has 0 saturated heterocycles. The predicted molar refractivity (Wildman–Crippen MR) is 96.9 cm³/mol. The number of amides is 1. The molecule has 120 valence electrons. The molecule has 3 aromatic rings. The second kappa shape index (κ2) is 8.98. The molecule has 0 aliphatic rings. The van der Waals surface area contributed by atoms with Crippen LogP contribution in [0, 0.1) is 0 Å². The fourth-order valence-corrected chi connectivity index (χ4v) is 2.24. The maximum atomic E-state index is 11.1. The van der Waals surface area contributed by atoms with Gasteiger partial charge in [-0.25, -0.2) is 0 Å². The maximum absolute atomic E-state index is 11.1. The lowest BCUT2D eigenvalue weighted by molar-refractivity contribution is -0.113. The standard InChI is InChI=1S/C10H9ClN2O.C8H11N/c11-6-10(14)13-9-3-1-2-8-7(9)4-5-12-8;1-9-7-8-5-3-2-4-6-8/h1-5,12H,6H2,(H,13,14);2-6,9H,7H2,1H3. The summed E-state index contributed by atoms with van der Waals surface area (Å²) in [5.41, 5.74) is 3.12. The number of halogens is 1. The highest BCUT2D eigenvalue weighted by Gasteiger charge is 2.04. The largest absolute Gasteiger partial charge is 0.361 e. The highest BCUT2D eigenvalue weighted by molar-refractivity contribution is 6.29. The Bertz CT molecular complexity index is 740. The number of benzene rings is 2. The third-order valence-electron chi connectivity index (χ3n) is 3.21. The zero-order chi connectivity index (χ0) is 16.5. The quantitative estimate of drug-likeness (QED) is 0.638. The Labute approximate surface area is 140 Å². The van der Waals surface area contributed by atoms with E-state index in [9.17, 15) is 4.79 Å². The number of hydrogen-bond acceptors (Lipinski definition) is 2. The summed E-state index contributed by atoms with van der Waals surface area (Å²) in [7, 11) is 1.95. The summed E-state index contributed by atoms with van der Waals surface area (Å²) in [6, 6.07) is 17.9. The number of fused-ring (bicyclic) bond motifs is 1. The number of anilines is 1. The van der Waals surface area contributed by atoms with Crippen molar-refractivity contribution in [3.63, 3.8) is 0 Å². The fourth-order valence-electron chi connectivity index (χ4n) is 2.18. The van der Waals surface area contributed by atoms with Crippen LogP contribution in [0.25, 0.3) is 10.9 Å². The van der Waals surface area contributed by atoms with Gasteiger partial charge < -0.3 is 15.6 Å². The van der Waals surface area contributed by atoms with Gasteiger partial charge in [-0.3, -0.25) is 4.79 Å². The van der Waals surface area contributed by atoms with E-state index in [4.69, 9.17) is 11.6 Å². The minimum Gasteiger partial charge on any atom is -0.361 e. The Morgan fingerprint density at radius 1 is 1.09 bits per heavy atom. The molecule has 0 unspecified atom stereocenters. The summed E-state index contributed by atoms with van der Waals surface area (Å²) < 4.78 is 0. The van der Waals surface area contributed by atoms with E-state index >= 15 is 0 Å². The zero-order valence-electron chi connectivity index (χ0n) is 13.0. The monoisotopic (exact) mass is 329 g/mol. The Hall–Kier alpha value is -2.30. The first-order valence-corrected chi connectivity index (χ1v) is 7.88. The van der Waals surface area contributed by atoms with Crippen molar-refractivity contribution in [2.75, 3.05) is 18.2 Å². The van der Waals surface area contributed by atoms with E-state index in [0.717, 1.165) is 23.1 Å². The molecule has 23 heavy (non-hydrogen) atoms. The highest BCUT2D eigenvalue weighted by atomic mass is 35.5. The molecule has 2 aromatic carbocycles. The van der Waals surface area contributed by atoms with Crippen LogP contribution in [0.2, 0.25) is 0 Å². The minimum absolute atomic E-state index is 0.0270. The van der Waals surface area contributed by atoms with Gasteiger partial charge in [0.05, 0.1) is 5.69 Å². The molecule has 1 amide bonds. The lowest BCUT2D eigenvalue weighted by atomic mass is 10.2. The SMILES string of the molecule is CNCc1ccccc1.O=C(CCl)Nc1cccc2[nH]ccc12. The molecule has 0 spiro atoms. The van der Waals surface area contributed by atoms with E-state index in [0.29, 0.717) is 0 Å². The van der Waals surface area contributed by atoms with Gasteiger partial charge in [0.25, 0.3) is 0 Å². The molecule has 0 saturated carbocycles. The second-order valence-electron chi connectivity index (χ2n) is 4.94. The number of aromatic amines is 1. The van der Waals surface area contributed by atoms with E-state index in [1.807, 2.05) is 55.7 Å². The molecule has 4 nitrogen and oxygen atoms in total. The van der Waals surface area contributed by atoms with Gasteiger partial charge in [-0.2, -0.15) is 0 Å². The lowest BCUT2D eigenvalue weighted by Crippen LogP contribution is -2.12. The number of hydrogen-bond donors (Lipinski definition) is 3. The maximum Gasteiger partial charge on any atom is 0.239 e. The Kier molecular flexibility index (Phi) is 6.66. The van der Waals surface area contributed by atoms with Gasteiger partial charge in [-0.05, 0) is 30.8 Å². The van der Waals surface area contributed by atoms with Crippen LogP contribution >= 0.6 is 11.6 Å². The molecule has 0 bridgehead atoms. The molecular formula is C18H20ClN3O. The molecule has 0 aliphatic heterocycles. The second-order valence-corrected chi connectivity index (χ2v) is 5.21. The first-order chi connectivity index (χ1) is 11.2. The average molecular weight is 330 g/mol. The van der Waals surface area contributed by atoms with Crippen LogP contribution in [0.4, 0.5) is 5.69 Å². The number of rotatable bonds is 4. The Balaban J connectivity index is 0.000000185. The highest BCUT2D eigenvalue weighted by Crippen LogP contribution is 2.21. The molecule has 0 atom stereocenters.